The highest BCUT2D eigenvalue weighted by molar-refractivity contribution is 5.94. The van der Waals surface area contributed by atoms with Crippen LogP contribution in [0.1, 0.15) is 12.8 Å². The topological polar surface area (TPSA) is 61.9 Å². The van der Waals surface area contributed by atoms with E-state index in [1.54, 1.807) is 4.90 Å². The molecule has 1 aromatic rings. The number of rotatable bonds is 2. The second-order valence-corrected chi connectivity index (χ2v) is 5.59. The number of hydrogen-bond acceptors (Lipinski definition) is 3. The van der Waals surface area contributed by atoms with E-state index in [-0.39, 0.29) is 18.0 Å². The van der Waals surface area contributed by atoms with E-state index < -0.39 is 0 Å². The summed E-state index contributed by atoms with van der Waals surface area (Å²) in [6, 6.07) is 8.78. The number of anilines is 1. The van der Waals surface area contributed by atoms with E-state index in [0.29, 0.717) is 32.8 Å². The van der Waals surface area contributed by atoms with Gasteiger partial charge in [-0.05, 0) is 25.0 Å². The molecule has 2 saturated heterocycles. The average molecular weight is 303 g/mol. The number of urea groups is 1. The molecule has 6 heteroatoms. The Morgan fingerprint density at radius 3 is 2.55 bits per heavy atom. The monoisotopic (exact) mass is 303 g/mol. The zero-order valence-electron chi connectivity index (χ0n) is 12.5. The molecule has 6 nitrogen and oxygen atoms in total. The number of hydrogen-bond donors (Lipinski definition) is 1. The van der Waals surface area contributed by atoms with E-state index in [1.165, 1.54) is 0 Å². The summed E-state index contributed by atoms with van der Waals surface area (Å²) in [5.74, 6) is 0.0454. The van der Waals surface area contributed by atoms with Gasteiger partial charge in [0, 0.05) is 25.3 Å². The van der Waals surface area contributed by atoms with Gasteiger partial charge in [-0.15, -0.1) is 0 Å². The number of carbonyl (C=O) groups excluding carboxylic acids is 2. The van der Waals surface area contributed by atoms with Gasteiger partial charge in [0.1, 0.15) is 6.04 Å². The van der Waals surface area contributed by atoms with Crippen molar-refractivity contribution in [3.05, 3.63) is 30.3 Å². The number of nitrogens with one attached hydrogen (secondary N) is 1. The van der Waals surface area contributed by atoms with Gasteiger partial charge in [0.15, 0.2) is 0 Å². The highest BCUT2D eigenvalue weighted by Crippen LogP contribution is 2.21. The highest BCUT2D eigenvalue weighted by atomic mass is 16.5. The molecule has 22 heavy (non-hydrogen) atoms. The number of benzene rings is 1. The van der Waals surface area contributed by atoms with Crippen molar-refractivity contribution < 1.29 is 14.3 Å². The summed E-state index contributed by atoms with van der Waals surface area (Å²) in [6.07, 6.45) is 1.60. The first-order valence-electron chi connectivity index (χ1n) is 7.75. The average Bonchev–Trinajstić information content (AvgIpc) is 3.05. The summed E-state index contributed by atoms with van der Waals surface area (Å²) in [5, 5.41) is 2.86. The van der Waals surface area contributed by atoms with Crippen molar-refractivity contribution in [2.24, 2.45) is 0 Å². The Balaban J connectivity index is 1.64. The van der Waals surface area contributed by atoms with Gasteiger partial charge >= 0.3 is 6.03 Å². The van der Waals surface area contributed by atoms with Crippen LogP contribution in [0.3, 0.4) is 0 Å². The fourth-order valence-electron chi connectivity index (χ4n) is 2.98. The molecule has 118 valence electrons. The second kappa shape index (κ2) is 6.79. The minimum absolute atomic E-state index is 0.0454. The number of nitrogens with zero attached hydrogens (tertiary/aromatic N) is 2. The van der Waals surface area contributed by atoms with Crippen LogP contribution in [0.5, 0.6) is 0 Å². The molecule has 0 radical (unpaired) electrons. The number of carbonyl (C=O) groups is 2. The minimum Gasteiger partial charge on any atom is -0.378 e. The number of likely N-dealkylation sites (tertiary alicyclic amines) is 1. The smallest absolute Gasteiger partial charge is 0.322 e. The van der Waals surface area contributed by atoms with Gasteiger partial charge in [0.05, 0.1) is 13.2 Å². The van der Waals surface area contributed by atoms with Gasteiger partial charge in [-0.25, -0.2) is 4.79 Å². The molecular weight excluding hydrogens is 282 g/mol. The summed E-state index contributed by atoms with van der Waals surface area (Å²) in [5.41, 5.74) is 0.747. The lowest BCUT2D eigenvalue weighted by molar-refractivity contribution is -0.139. The Morgan fingerprint density at radius 1 is 1.09 bits per heavy atom. The Labute approximate surface area is 130 Å². The summed E-state index contributed by atoms with van der Waals surface area (Å²) in [6.45, 7) is 3.01. The van der Waals surface area contributed by atoms with E-state index in [0.717, 1.165) is 18.5 Å². The van der Waals surface area contributed by atoms with Gasteiger partial charge in [0.2, 0.25) is 5.91 Å². The van der Waals surface area contributed by atoms with E-state index in [9.17, 15) is 9.59 Å². The van der Waals surface area contributed by atoms with Crippen LogP contribution in [-0.4, -0.2) is 60.6 Å². The first kappa shape index (κ1) is 14.8. The number of morpholine rings is 1. The summed E-state index contributed by atoms with van der Waals surface area (Å²) < 4.78 is 5.28. The van der Waals surface area contributed by atoms with Crippen molar-refractivity contribution in [1.29, 1.82) is 0 Å². The van der Waals surface area contributed by atoms with Gasteiger partial charge in [-0.3, -0.25) is 4.79 Å². The molecule has 3 amide bonds. The van der Waals surface area contributed by atoms with Gasteiger partial charge < -0.3 is 19.9 Å². The Hall–Kier alpha value is -2.08. The third kappa shape index (κ3) is 3.22. The first-order valence-corrected chi connectivity index (χ1v) is 7.75. The Morgan fingerprint density at radius 2 is 1.82 bits per heavy atom. The quantitative estimate of drug-likeness (QED) is 0.901. The van der Waals surface area contributed by atoms with Crippen molar-refractivity contribution in [1.82, 2.24) is 9.80 Å². The predicted octanol–water partition coefficient (Wildman–Crippen LogP) is 1.54. The molecule has 0 saturated carbocycles. The fraction of sp³-hybridized carbons (Fsp3) is 0.500. The third-order valence-electron chi connectivity index (χ3n) is 4.15. The molecular formula is C16H21N3O3. The van der Waals surface area contributed by atoms with E-state index >= 15 is 0 Å². The van der Waals surface area contributed by atoms with Crippen LogP contribution in [-0.2, 0) is 9.53 Å². The minimum atomic E-state index is -0.346. The SMILES string of the molecule is O=C([C@@H]1CCCN1C(=O)Nc1ccccc1)N1CCOCC1. The zero-order valence-corrected chi connectivity index (χ0v) is 12.5. The van der Waals surface area contributed by atoms with E-state index in [2.05, 4.69) is 5.32 Å². The highest BCUT2D eigenvalue weighted by Gasteiger charge is 2.36. The summed E-state index contributed by atoms with van der Waals surface area (Å²) in [7, 11) is 0. The van der Waals surface area contributed by atoms with Crippen LogP contribution in [0.2, 0.25) is 0 Å². The molecule has 3 rings (SSSR count). The van der Waals surface area contributed by atoms with Crippen molar-refractivity contribution in [3.63, 3.8) is 0 Å². The van der Waals surface area contributed by atoms with Crippen molar-refractivity contribution >= 4 is 17.6 Å². The first-order chi connectivity index (χ1) is 10.8. The molecule has 1 atom stereocenters. The largest absolute Gasteiger partial charge is 0.378 e. The Kier molecular flexibility index (Phi) is 4.58. The Bertz CT molecular complexity index is 529. The molecule has 0 aromatic heterocycles. The molecule has 0 spiro atoms. The molecule has 1 N–H and O–H groups in total. The maximum absolute atomic E-state index is 12.6. The fourth-order valence-corrected chi connectivity index (χ4v) is 2.98. The summed E-state index contributed by atoms with van der Waals surface area (Å²) >= 11 is 0. The van der Waals surface area contributed by atoms with Crippen LogP contribution in [0.15, 0.2) is 30.3 Å². The van der Waals surface area contributed by atoms with E-state index in [4.69, 9.17) is 4.74 Å². The number of ether oxygens (including phenoxy) is 1. The molecule has 0 bridgehead atoms. The number of para-hydroxylation sites is 1. The third-order valence-corrected chi connectivity index (χ3v) is 4.15. The van der Waals surface area contributed by atoms with Gasteiger partial charge in [-0.1, -0.05) is 18.2 Å². The molecule has 0 aliphatic carbocycles. The second-order valence-electron chi connectivity index (χ2n) is 5.59. The normalized spacial score (nSPS) is 21.7. The van der Waals surface area contributed by atoms with Gasteiger partial charge in [0.25, 0.3) is 0 Å². The van der Waals surface area contributed by atoms with Crippen LogP contribution in [0, 0.1) is 0 Å². The van der Waals surface area contributed by atoms with Crippen molar-refractivity contribution in [2.75, 3.05) is 38.2 Å². The number of amides is 3. The maximum atomic E-state index is 12.6. The van der Waals surface area contributed by atoms with Gasteiger partial charge in [-0.2, -0.15) is 0 Å². The molecule has 2 aliphatic heterocycles. The van der Waals surface area contributed by atoms with Crippen LogP contribution in [0.4, 0.5) is 10.5 Å². The lowest BCUT2D eigenvalue weighted by atomic mass is 10.2. The van der Waals surface area contributed by atoms with Crippen molar-refractivity contribution in [3.8, 4) is 0 Å². The van der Waals surface area contributed by atoms with Crippen molar-refractivity contribution in [2.45, 2.75) is 18.9 Å². The van der Waals surface area contributed by atoms with E-state index in [1.807, 2.05) is 35.2 Å². The predicted molar refractivity (Wildman–Crippen MR) is 82.6 cm³/mol. The molecule has 2 aliphatic rings. The molecule has 0 unspecified atom stereocenters. The maximum Gasteiger partial charge on any atom is 0.322 e. The molecule has 1 aromatic carbocycles. The zero-order chi connectivity index (χ0) is 15.4. The summed E-state index contributed by atoms with van der Waals surface area (Å²) in [4.78, 5) is 28.5. The molecule has 2 heterocycles. The molecule has 2 fully saturated rings. The van der Waals surface area contributed by atoms with Crippen LogP contribution >= 0.6 is 0 Å². The lowest BCUT2D eigenvalue weighted by Crippen LogP contribution is -2.51. The van der Waals surface area contributed by atoms with Crippen LogP contribution < -0.4 is 5.32 Å². The lowest BCUT2D eigenvalue weighted by Gasteiger charge is -2.32. The van der Waals surface area contributed by atoms with Crippen LogP contribution in [0.25, 0.3) is 0 Å². The standard InChI is InChI=1S/C16H21N3O3/c20-15(18-9-11-22-12-10-18)14-7-4-8-19(14)16(21)17-13-5-2-1-3-6-13/h1-3,5-6,14H,4,7-12H2,(H,17,21)/t14-/m0/s1.